The van der Waals surface area contributed by atoms with Gasteiger partial charge in [0, 0.05) is 51.7 Å². The number of rotatable bonds is 3. The van der Waals surface area contributed by atoms with Gasteiger partial charge >= 0.3 is 0 Å². The molecule has 2 fully saturated rings. The summed E-state index contributed by atoms with van der Waals surface area (Å²) < 4.78 is 29.4. The molecule has 0 saturated carbocycles. The first-order valence-corrected chi connectivity index (χ1v) is 10.7. The van der Waals surface area contributed by atoms with E-state index in [-0.39, 0.29) is 0 Å². The molecule has 0 aromatic heterocycles. The fourth-order valence-electron chi connectivity index (χ4n) is 3.66. The Hall–Kier alpha value is -0.820. The minimum Gasteiger partial charge on any atom is -0.381 e. The largest absolute Gasteiger partial charge is 0.381 e. The van der Waals surface area contributed by atoms with Gasteiger partial charge in [0.25, 0.3) is 0 Å². The predicted octanol–water partition coefficient (Wildman–Crippen LogP) is 2.35. The van der Waals surface area contributed by atoms with Crippen molar-refractivity contribution in [2.24, 2.45) is 0 Å². The maximum Gasteiger partial charge on any atom is 0.175 e. The number of hydrogen-bond donors (Lipinski definition) is 0. The first kappa shape index (κ1) is 18.0. The molecule has 0 N–H and O–H groups in total. The summed E-state index contributed by atoms with van der Waals surface area (Å²) in [5, 5.41) is 0.624. The molecule has 7 heteroatoms. The Kier molecular flexibility index (Phi) is 5.39. The van der Waals surface area contributed by atoms with Crippen molar-refractivity contribution in [3.05, 3.63) is 22.7 Å². The van der Waals surface area contributed by atoms with E-state index in [0.717, 1.165) is 57.9 Å². The van der Waals surface area contributed by atoms with Gasteiger partial charge in [0.05, 0.1) is 15.6 Å². The predicted molar refractivity (Wildman–Crippen MR) is 96.9 cm³/mol. The van der Waals surface area contributed by atoms with Crippen LogP contribution in [-0.2, 0) is 14.6 Å². The average molecular weight is 373 g/mol. The van der Waals surface area contributed by atoms with Crippen molar-refractivity contribution in [3.8, 4) is 0 Å². The Labute approximate surface area is 149 Å². The van der Waals surface area contributed by atoms with Gasteiger partial charge in [0.1, 0.15) is 0 Å². The zero-order valence-corrected chi connectivity index (χ0v) is 15.9. The summed E-state index contributed by atoms with van der Waals surface area (Å²) in [6, 6.07) is 4.11. The third-order valence-corrected chi connectivity index (χ3v) is 6.55. The molecular formula is C17H25ClN2O3S. The van der Waals surface area contributed by atoms with E-state index in [0.29, 0.717) is 21.5 Å². The van der Waals surface area contributed by atoms with Crippen LogP contribution < -0.4 is 4.90 Å². The minimum atomic E-state index is -3.25. The monoisotopic (exact) mass is 372 g/mol. The van der Waals surface area contributed by atoms with Crippen LogP contribution in [0.25, 0.3) is 0 Å². The molecule has 2 aliphatic heterocycles. The van der Waals surface area contributed by atoms with Crippen LogP contribution in [0.5, 0.6) is 0 Å². The van der Waals surface area contributed by atoms with Crippen molar-refractivity contribution < 1.29 is 13.2 Å². The third kappa shape index (κ3) is 3.87. The maximum atomic E-state index is 12.0. The highest BCUT2D eigenvalue weighted by Gasteiger charge is 2.27. The molecule has 0 aliphatic carbocycles. The molecule has 2 aliphatic rings. The van der Waals surface area contributed by atoms with Gasteiger partial charge in [0.15, 0.2) is 9.84 Å². The Morgan fingerprint density at radius 3 is 2.33 bits per heavy atom. The molecule has 5 nitrogen and oxygen atoms in total. The topological polar surface area (TPSA) is 49.9 Å². The van der Waals surface area contributed by atoms with Crippen molar-refractivity contribution >= 4 is 27.1 Å². The number of anilines is 1. The van der Waals surface area contributed by atoms with E-state index < -0.39 is 9.84 Å². The molecule has 24 heavy (non-hydrogen) atoms. The number of hydrogen-bond acceptors (Lipinski definition) is 5. The number of ether oxygens (including phenoxy) is 1. The van der Waals surface area contributed by atoms with E-state index >= 15 is 0 Å². The lowest BCUT2D eigenvalue weighted by atomic mass is 10.1. The Morgan fingerprint density at radius 2 is 1.75 bits per heavy atom. The molecule has 2 saturated heterocycles. The van der Waals surface area contributed by atoms with Gasteiger partial charge in [-0.1, -0.05) is 11.6 Å². The van der Waals surface area contributed by atoms with Crippen LogP contribution in [0.1, 0.15) is 18.4 Å². The van der Waals surface area contributed by atoms with Gasteiger partial charge in [-0.3, -0.25) is 4.90 Å². The van der Waals surface area contributed by atoms with Crippen molar-refractivity contribution in [1.82, 2.24) is 4.90 Å². The Morgan fingerprint density at radius 1 is 1.12 bits per heavy atom. The average Bonchev–Trinajstić information content (AvgIpc) is 2.55. The second kappa shape index (κ2) is 7.20. The lowest BCUT2D eigenvalue weighted by Crippen LogP contribution is -2.51. The molecule has 134 valence electrons. The smallest absolute Gasteiger partial charge is 0.175 e. The maximum absolute atomic E-state index is 12.0. The molecule has 0 radical (unpaired) electrons. The molecule has 1 aromatic rings. The molecule has 0 bridgehead atoms. The number of nitrogens with zero attached hydrogens (tertiary/aromatic N) is 2. The SMILES string of the molecule is Cc1cc(Cl)c(N2CCN(C3CCOCC3)CC2)cc1S(C)(=O)=O. The molecular weight excluding hydrogens is 348 g/mol. The quantitative estimate of drug-likeness (QED) is 0.815. The van der Waals surface area contributed by atoms with Crippen molar-refractivity contribution in [2.75, 3.05) is 50.5 Å². The van der Waals surface area contributed by atoms with Crippen LogP contribution in [0.3, 0.4) is 0 Å². The fourth-order valence-corrected chi connectivity index (χ4v) is 4.97. The molecule has 0 amide bonds. The van der Waals surface area contributed by atoms with Crippen molar-refractivity contribution in [2.45, 2.75) is 30.7 Å². The van der Waals surface area contributed by atoms with Gasteiger partial charge in [-0.15, -0.1) is 0 Å². The molecule has 0 unspecified atom stereocenters. The molecule has 2 heterocycles. The zero-order valence-electron chi connectivity index (χ0n) is 14.3. The van der Waals surface area contributed by atoms with Gasteiger partial charge in [-0.05, 0) is 37.5 Å². The van der Waals surface area contributed by atoms with E-state index in [1.165, 1.54) is 6.26 Å². The molecule has 1 aromatic carbocycles. The Bertz CT molecular complexity index is 694. The molecule has 3 rings (SSSR count). The lowest BCUT2D eigenvalue weighted by Gasteiger charge is -2.41. The van der Waals surface area contributed by atoms with Crippen LogP contribution in [0.4, 0.5) is 5.69 Å². The summed E-state index contributed by atoms with van der Waals surface area (Å²) in [5.41, 5.74) is 1.53. The highest BCUT2D eigenvalue weighted by Crippen LogP contribution is 2.32. The van der Waals surface area contributed by atoms with Gasteiger partial charge < -0.3 is 9.64 Å². The van der Waals surface area contributed by atoms with Gasteiger partial charge in [-0.2, -0.15) is 0 Å². The number of benzene rings is 1. The first-order valence-electron chi connectivity index (χ1n) is 8.43. The van der Waals surface area contributed by atoms with Crippen molar-refractivity contribution in [3.63, 3.8) is 0 Å². The lowest BCUT2D eigenvalue weighted by molar-refractivity contribution is 0.0321. The van der Waals surface area contributed by atoms with E-state index in [2.05, 4.69) is 9.80 Å². The number of piperazine rings is 1. The zero-order chi connectivity index (χ0) is 17.3. The van der Waals surface area contributed by atoms with Crippen LogP contribution in [0, 0.1) is 6.92 Å². The standard InChI is InChI=1S/C17H25ClN2O3S/c1-13-11-15(18)16(12-17(13)24(2,21)22)20-7-5-19(6-8-20)14-3-9-23-10-4-14/h11-12,14H,3-10H2,1-2H3. The summed E-state index contributed by atoms with van der Waals surface area (Å²) >= 11 is 6.40. The van der Waals surface area contributed by atoms with Crippen LogP contribution in [0.2, 0.25) is 5.02 Å². The minimum absolute atomic E-state index is 0.369. The second-order valence-corrected chi connectivity index (χ2v) is 9.10. The number of sulfone groups is 1. The van der Waals surface area contributed by atoms with E-state index in [9.17, 15) is 8.42 Å². The van der Waals surface area contributed by atoms with Crippen LogP contribution in [-0.4, -0.2) is 65.0 Å². The molecule has 0 spiro atoms. The summed E-state index contributed by atoms with van der Waals surface area (Å²) in [7, 11) is -3.25. The Balaban J connectivity index is 1.74. The van der Waals surface area contributed by atoms with E-state index in [4.69, 9.17) is 16.3 Å². The fraction of sp³-hybridized carbons (Fsp3) is 0.647. The second-order valence-electron chi connectivity index (χ2n) is 6.71. The molecule has 0 atom stereocenters. The summed E-state index contributed by atoms with van der Waals surface area (Å²) in [4.78, 5) is 5.10. The van der Waals surface area contributed by atoms with Gasteiger partial charge in [-0.25, -0.2) is 8.42 Å². The van der Waals surface area contributed by atoms with Crippen LogP contribution in [0.15, 0.2) is 17.0 Å². The van der Waals surface area contributed by atoms with Gasteiger partial charge in [0.2, 0.25) is 0 Å². The number of halogens is 1. The first-order chi connectivity index (χ1) is 11.4. The third-order valence-electron chi connectivity index (χ3n) is 5.01. The van der Waals surface area contributed by atoms with E-state index in [1.807, 2.05) is 0 Å². The highest BCUT2D eigenvalue weighted by atomic mass is 35.5. The van der Waals surface area contributed by atoms with Crippen molar-refractivity contribution in [1.29, 1.82) is 0 Å². The summed E-state index contributed by atoms with van der Waals surface area (Å²) in [6.45, 7) is 7.17. The summed E-state index contributed by atoms with van der Waals surface area (Å²) in [6.07, 6.45) is 3.45. The van der Waals surface area contributed by atoms with E-state index in [1.54, 1.807) is 19.1 Å². The number of aryl methyl sites for hydroxylation is 1. The van der Waals surface area contributed by atoms with Crippen LogP contribution >= 0.6 is 11.6 Å². The highest BCUT2D eigenvalue weighted by molar-refractivity contribution is 7.90. The normalized spacial score (nSPS) is 21.2. The summed E-state index contributed by atoms with van der Waals surface area (Å²) in [5.74, 6) is 0.